The fourth-order valence-electron chi connectivity index (χ4n) is 8.57. The molecule has 5 aliphatic carbocycles. The average molecular weight is 327 g/mol. The number of carbonyl (C=O) groups is 1. The summed E-state index contributed by atoms with van der Waals surface area (Å²) in [6, 6.07) is 0. The second-order valence-corrected chi connectivity index (χ2v) is 9.34. The van der Waals surface area contributed by atoms with Gasteiger partial charge in [-0.25, -0.2) is 0 Å². The SMILES string of the molecule is CO/N=C(\C)C1CCC2C1(C)CCC1C34CCC(=O)C=C3CCC214. The largest absolute Gasteiger partial charge is 0.399 e. The predicted molar refractivity (Wildman–Crippen MR) is 93.6 cm³/mol. The molecular weight excluding hydrogens is 298 g/mol. The van der Waals surface area contributed by atoms with Gasteiger partial charge in [-0.2, -0.15) is 0 Å². The highest BCUT2D eigenvalue weighted by Crippen LogP contribution is 2.91. The van der Waals surface area contributed by atoms with E-state index < -0.39 is 0 Å². The van der Waals surface area contributed by atoms with Crippen LogP contribution in [0, 0.1) is 34.0 Å². The third-order valence-electron chi connectivity index (χ3n) is 9.12. The van der Waals surface area contributed by atoms with E-state index in [2.05, 4.69) is 25.1 Å². The zero-order chi connectivity index (χ0) is 16.7. The van der Waals surface area contributed by atoms with E-state index in [1.54, 1.807) is 12.7 Å². The number of hydrogen-bond acceptors (Lipinski definition) is 3. The van der Waals surface area contributed by atoms with E-state index in [9.17, 15) is 4.79 Å². The van der Waals surface area contributed by atoms with Crippen molar-refractivity contribution in [3.63, 3.8) is 0 Å². The standard InChI is InChI=1S/C21H29NO2/c1-13(22-24-3)16-4-5-17-19(16,2)9-8-18-20-11-7-15(23)12-14(20)6-10-21(17,18)20/h12,16-18H,4-11H2,1-3H3/b22-13+. The van der Waals surface area contributed by atoms with E-state index >= 15 is 0 Å². The minimum atomic E-state index is 0.378. The van der Waals surface area contributed by atoms with Crippen molar-refractivity contribution in [1.82, 2.24) is 0 Å². The van der Waals surface area contributed by atoms with Crippen LogP contribution in [-0.4, -0.2) is 18.6 Å². The molecule has 4 saturated carbocycles. The molecule has 0 saturated heterocycles. The quantitative estimate of drug-likeness (QED) is 0.552. The second-order valence-electron chi connectivity index (χ2n) is 9.34. The van der Waals surface area contributed by atoms with Gasteiger partial charge in [0.05, 0.1) is 5.71 Å². The van der Waals surface area contributed by atoms with E-state index in [-0.39, 0.29) is 0 Å². The molecule has 0 radical (unpaired) electrons. The molecule has 24 heavy (non-hydrogen) atoms. The summed E-state index contributed by atoms with van der Waals surface area (Å²) in [6.07, 6.45) is 11.8. The summed E-state index contributed by atoms with van der Waals surface area (Å²) >= 11 is 0. The number of allylic oxidation sites excluding steroid dienone is 1. The topological polar surface area (TPSA) is 38.7 Å². The Kier molecular flexibility index (Phi) is 2.86. The normalized spacial score (nSPS) is 52.1. The van der Waals surface area contributed by atoms with Crippen molar-refractivity contribution >= 4 is 11.5 Å². The first-order valence-electron chi connectivity index (χ1n) is 9.82. The highest BCUT2D eigenvalue weighted by atomic mass is 16.6. The van der Waals surface area contributed by atoms with Crippen molar-refractivity contribution in [3.8, 4) is 0 Å². The van der Waals surface area contributed by atoms with Crippen LogP contribution in [0.3, 0.4) is 0 Å². The second kappa shape index (κ2) is 4.53. The molecule has 0 amide bonds. The summed E-state index contributed by atoms with van der Waals surface area (Å²) in [6.45, 7) is 4.70. The molecule has 0 aromatic rings. The molecule has 0 heterocycles. The molecule has 0 aromatic heterocycles. The first-order chi connectivity index (χ1) is 11.5. The number of rotatable bonds is 2. The number of ketones is 1. The molecule has 6 atom stereocenters. The summed E-state index contributed by atoms with van der Waals surface area (Å²) in [7, 11) is 1.66. The molecule has 0 aliphatic heterocycles. The molecule has 3 heteroatoms. The van der Waals surface area contributed by atoms with Crippen LogP contribution in [-0.2, 0) is 9.63 Å². The lowest BCUT2D eigenvalue weighted by molar-refractivity contribution is -0.115. The van der Waals surface area contributed by atoms with E-state index in [1.807, 2.05) is 0 Å². The lowest BCUT2D eigenvalue weighted by Gasteiger charge is -2.45. The average Bonchev–Trinajstić information content (AvgIpc) is 2.79. The van der Waals surface area contributed by atoms with Crippen molar-refractivity contribution in [2.24, 2.45) is 39.2 Å². The van der Waals surface area contributed by atoms with E-state index in [0.29, 0.717) is 27.9 Å². The lowest BCUT2D eigenvalue weighted by atomic mass is 9.59. The van der Waals surface area contributed by atoms with Crippen molar-refractivity contribution in [3.05, 3.63) is 11.6 Å². The molecule has 0 N–H and O–H groups in total. The Hall–Kier alpha value is -1.12. The molecule has 130 valence electrons. The zero-order valence-electron chi connectivity index (χ0n) is 15.2. The van der Waals surface area contributed by atoms with Gasteiger partial charge >= 0.3 is 0 Å². The monoisotopic (exact) mass is 327 g/mol. The van der Waals surface area contributed by atoms with E-state index in [1.165, 1.54) is 44.2 Å². The van der Waals surface area contributed by atoms with E-state index in [0.717, 1.165) is 24.7 Å². The maximum Gasteiger partial charge on any atom is 0.155 e. The highest BCUT2D eigenvalue weighted by Gasteiger charge is 2.85. The van der Waals surface area contributed by atoms with Gasteiger partial charge in [0.25, 0.3) is 0 Å². The smallest absolute Gasteiger partial charge is 0.155 e. The molecule has 3 nitrogen and oxygen atoms in total. The third kappa shape index (κ3) is 1.43. The Morgan fingerprint density at radius 1 is 1.17 bits per heavy atom. The first kappa shape index (κ1) is 15.2. The third-order valence-corrected chi connectivity index (χ3v) is 9.12. The molecule has 4 fully saturated rings. The van der Waals surface area contributed by atoms with Crippen molar-refractivity contribution in [1.29, 1.82) is 0 Å². The Morgan fingerprint density at radius 3 is 2.79 bits per heavy atom. The van der Waals surface area contributed by atoms with Crippen LogP contribution in [0.5, 0.6) is 0 Å². The van der Waals surface area contributed by atoms with Crippen LogP contribution < -0.4 is 0 Å². The van der Waals surface area contributed by atoms with Gasteiger partial charge in [0.15, 0.2) is 5.78 Å². The predicted octanol–water partition coefficient (Wildman–Crippen LogP) is 4.52. The first-order valence-corrected chi connectivity index (χ1v) is 9.82. The van der Waals surface area contributed by atoms with Crippen LogP contribution in [0.4, 0.5) is 0 Å². The van der Waals surface area contributed by atoms with Crippen LogP contribution in [0.1, 0.15) is 65.2 Å². The molecule has 6 unspecified atom stereocenters. The fourth-order valence-corrected chi connectivity index (χ4v) is 8.57. The van der Waals surface area contributed by atoms with Crippen molar-refractivity contribution < 1.29 is 9.63 Å². The van der Waals surface area contributed by atoms with Gasteiger partial charge in [0, 0.05) is 17.8 Å². The van der Waals surface area contributed by atoms with Gasteiger partial charge in [-0.05, 0) is 80.6 Å². The van der Waals surface area contributed by atoms with Crippen molar-refractivity contribution in [2.45, 2.75) is 65.2 Å². The van der Waals surface area contributed by atoms with Gasteiger partial charge in [-0.15, -0.1) is 0 Å². The molecular formula is C21H29NO2. The zero-order valence-corrected chi connectivity index (χ0v) is 15.2. The van der Waals surface area contributed by atoms with Gasteiger partial charge in [-0.1, -0.05) is 17.7 Å². The van der Waals surface area contributed by atoms with E-state index in [4.69, 9.17) is 4.84 Å². The van der Waals surface area contributed by atoms with Crippen LogP contribution in [0.15, 0.2) is 16.8 Å². The maximum atomic E-state index is 12.0. The number of fused-ring (bicyclic) bond motifs is 1. The highest BCUT2D eigenvalue weighted by molar-refractivity contribution is 5.92. The summed E-state index contributed by atoms with van der Waals surface area (Å²) in [4.78, 5) is 17.1. The molecule has 5 rings (SSSR count). The fraction of sp³-hybridized carbons (Fsp3) is 0.810. The van der Waals surface area contributed by atoms with Crippen LogP contribution >= 0.6 is 0 Å². The van der Waals surface area contributed by atoms with Crippen molar-refractivity contribution in [2.75, 3.05) is 7.11 Å². The molecule has 5 aliphatic rings. The van der Waals surface area contributed by atoms with Gasteiger partial charge in [0.2, 0.25) is 0 Å². The molecule has 0 bridgehead atoms. The Balaban J connectivity index is 1.55. The summed E-state index contributed by atoms with van der Waals surface area (Å²) < 4.78 is 0. The van der Waals surface area contributed by atoms with Gasteiger partial charge in [-0.3, -0.25) is 4.79 Å². The van der Waals surface area contributed by atoms with Gasteiger partial charge in [0.1, 0.15) is 7.11 Å². The Labute approximate surface area is 144 Å². The summed E-state index contributed by atoms with van der Waals surface area (Å²) in [5.74, 6) is 2.64. The number of carbonyl (C=O) groups excluding carboxylic acids is 1. The summed E-state index contributed by atoms with van der Waals surface area (Å²) in [5, 5.41) is 4.31. The number of hydrogen-bond donors (Lipinski definition) is 0. The Bertz CT molecular complexity index is 679. The maximum absolute atomic E-state index is 12.0. The molecule has 2 spiro atoms. The number of nitrogens with zero attached hydrogens (tertiary/aromatic N) is 1. The number of oxime groups is 1. The van der Waals surface area contributed by atoms with Crippen LogP contribution in [0.25, 0.3) is 0 Å². The van der Waals surface area contributed by atoms with Gasteiger partial charge < -0.3 is 4.84 Å². The lowest BCUT2D eigenvalue weighted by Crippen LogP contribution is -2.40. The summed E-state index contributed by atoms with van der Waals surface area (Å²) in [5.41, 5.74) is 4.06. The molecule has 0 aromatic carbocycles. The Morgan fingerprint density at radius 2 is 2.00 bits per heavy atom. The minimum Gasteiger partial charge on any atom is -0.399 e. The minimum absolute atomic E-state index is 0.378. The van der Waals surface area contributed by atoms with Crippen LogP contribution in [0.2, 0.25) is 0 Å².